The minimum absolute atomic E-state index is 0.198. The van der Waals surface area contributed by atoms with Gasteiger partial charge >= 0.3 is 0 Å². The molecule has 2 aromatic rings. The number of aryl methyl sites for hydroxylation is 1. The third-order valence-electron chi connectivity index (χ3n) is 4.33. The van der Waals surface area contributed by atoms with Crippen molar-refractivity contribution in [1.82, 2.24) is 20.4 Å². The third kappa shape index (κ3) is 4.16. The number of rotatable bonds is 6. The fourth-order valence-corrected chi connectivity index (χ4v) is 2.93. The Morgan fingerprint density at radius 3 is 2.70 bits per heavy atom. The highest BCUT2D eigenvalue weighted by atomic mass is 19.1. The number of hydrogen-bond acceptors (Lipinski definition) is 4. The first-order valence-corrected chi connectivity index (χ1v) is 8.01. The van der Waals surface area contributed by atoms with Gasteiger partial charge in [0.15, 0.2) is 0 Å². The minimum Gasteiger partial charge on any atom is -0.379 e. The fourth-order valence-electron chi connectivity index (χ4n) is 2.93. The van der Waals surface area contributed by atoms with Crippen molar-refractivity contribution in [2.45, 2.75) is 19.5 Å². The number of H-pyrrole nitrogens is 1. The maximum absolute atomic E-state index is 13.2. The molecule has 1 atom stereocenters. The average Bonchev–Trinajstić information content (AvgIpc) is 2.99. The lowest BCUT2D eigenvalue weighted by Gasteiger charge is -2.35. The van der Waals surface area contributed by atoms with Crippen LogP contribution < -0.4 is 5.32 Å². The van der Waals surface area contributed by atoms with Crippen LogP contribution >= 0.6 is 0 Å². The molecule has 0 bridgehead atoms. The van der Waals surface area contributed by atoms with E-state index in [1.165, 1.54) is 17.7 Å². The van der Waals surface area contributed by atoms with Crippen LogP contribution in [0, 0.1) is 12.7 Å². The van der Waals surface area contributed by atoms with E-state index in [0.29, 0.717) is 0 Å². The molecule has 1 saturated heterocycles. The Morgan fingerprint density at radius 2 is 2.04 bits per heavy atom. The van der Waals surface area contributed by atoms with Gasteiger partial charge < -0.3 is 10.1 Å². The van der Waals surface area contributed by atoms with E-state index in [1.54, 1.807) is 0 Å². The molecular weight excluding hydrogens is 295 g/mol. The predicted octanol–water partition coefficient (Wildman–Crippen LogP) is 2.02. The van der Waals surface area contributed by atoms with Crippen LogP contribution in [0.4, 0.5) is 4.39 Å². The fraction of sp³-hybridized carbons (Fsp3) is 0.471. The topological polar surface area (TPSA) is 53.2 Å². The van der Waals surface area contributed by atoms with Crippen molar-refractivity contribution in [3.8, 4) is 0 Å². The Hall–Kier alpha value is -1.76. The number of aromatic nitrogens is 2. The Bertz CT molecular complexity index is 607. The lowest BCUT2D eigenvalue weighted by molar-refractivity contribution is 0.0161. The van der Waals surface area contributed by atoms with Crippen molar-refractivity contribution in [2.75, 3.05) is 32.8 Å². The summed E-state index contributed by atoms with van der Waals surface area (Å²) in [5.41, 5.74) is 3.39. The van der Waals surface area contributed by atoms with Crippen molar-refractivity contribution in [3.63, 3.8) is 0 Å². The zero-order valence-corrected chi connectivity index (χ0v) is 13.4. The highest BCUT2D eigenvalue weighted by Gasteiger charge is 2.22. The number of nitrogens with zero attached hydrogens (tertiary/aromatic N) is 2. The number of ether oxygens (including phenoxy) is 1. The van der Waals surface area contributed by atoms with Crippen molar-refractivity contribution in [3.05, 3.63) is 53.1 Å². The van der Waals surface area contributed by atoms with E-state index >= 15 is 0 Å². The maximum Gasteiger partial charge on any atom is 0.123 e. The van der Waals surface area contributed by atoms with E-state index in [2.05, 4.69) is 20.4 Å². The number of benzene rings is 1. The first-order valence-electron chi connectivity index (χ1n) is 8.01. The summed E-state index contributed by atoms with van der Waals surface area (Å²) in [7, 11) is 0. The molecule has 2 N–H and O–H groups in total. The molecule has 0 radical (unpaired) electrons. The SMILES string of the molecule is Cc1[nH]ncc1CNC[C@@H](c1ccc(F)cc1)N1CCOCC1. The summed E-state index contributed by atoms with van der Waals surface area (Å²) in [5, 5.41) is 10.5. The van der Waals surface area contributed by atoms with Crippen molar-refractivity contribution in [1.29, 1.82) is 0 Å². The van der Waals surface area contributed by atoms with Crippen LogP contribution in [-0.4, -0.2) is 47.9 Å². The van der Waals surface area contributed by atoms with Crippen LogP contribution in [0.1, 0.15) is 22.9 Å². The van der Waals surface area contributed by atoms with Crippen molar-refractivity contribution < 1.29 is 9.13 Å². The molecular formula is C17H23FN4O. The van der Waals surface area contributed by atoms with Crippen LogP contribution in [0.5, 0.6) is 0 Å². The highest BCUT2D eigenvalue weighted by Crippen LogP contribution is 2.22. The smallest absolute Gasteiger partial charge is 0.123 e. The van der Waals surface area contributed by atoms with Gasteiger partial charge in [-0.2, -0.15) is 5.10 Å². The van der Waals surface area contributed by atoms with Gasteiger partial charge in [0.2, 0.25) is 0 Å². The van der Waals surface area contributed by atoms with E-state index in [-0.39, 0.29) is 11.9 Å². The minimum atomic E-state index is -0.198. The number of morpholine rings is 1. The van der Waals surface area contributed by atoms with Crippen molar-refractivity contribution in [2.24, 2.45) is 0 Å². The standard InChI is InChI=1S/C17H23FN4O/c1-13-15(11-20-21-13)10-19-12-17(22-6-8-23-9-7-22)14-2-4-16(18)5-3-14/h2-5,11,17,19H,6-10,12H2,1H3,(H,20,21)/t17-/m0/s1. The lowest BCUT2D eigenvalue weighted by atomic mass is 10.0. The molecule has 6 heteroatoms. The van der Waals surface area contributed by atoms with E-state index in [4.69, 9.17) is 4.74 Å². The Kier molecular flexibility index (Phi) is 5.38. The number of halogens is 1. The van der Waals surface area contributed by atoms with Crippen LogP contribution in [0.2, 0.25) is 0 Å². The van der Waals surface area contributed by atoms with Gasteiger partial charge in [0, 0.05) is 43.5 Å². The second kappa shape index (κ2) is 7.68. The Balaban J connectivity index is 1.67. The summed E-state index contributed by atoms with van der Waals surface area (Å²) in [5.74, 6) is -0.198. The summed E-state index contributed by atoms with van der Waals surface area (Å²) < 4.78 is 18.7. The molecule has 1 aliphatic heterocycles. The van der Waals surface area contributed by atoms with Crippen molar-refractivity contribution >= 4 is 0 Å². The van der Waals surface area contributed by atoms with Gasteiger partial charge in [-0.15, -0.1) is 0 Å². The first kappa shape index (κ1) is 16.1. The summed E-state index contributed by atoms with van der Waals surface area (Å²) in [6, 6.07) is 7.03. The lowest BCUT2D eigenvalue weighted by Crippen LogP contribution is -2.42. The Morgan fingerprint density at radius 1 is 1.30 bits per heavy atom. The third-order valence-corrected chi connectivity index (χ3v) is 4.33. The Labute approximate surface area is 135 Å². The maximum atomic E-state index is 13.2. The molecule has 0 aliphatic carbocycles. The largest absolute Gasteiger partial charge is 0.379 e. The predicted molar refractivity (Wildman–Crippen MR) is 86.6 cm³/mol. The summed E-state index contributed by atoms with van der Waals surface area (Å²) in [4.78, 5) is 2.39. The molecule has 2 heterocycles. The van der Waals surface area contributed by atoms with Gasteiger partial charge in [0.05, 0.1) is 19.4 Å². The van der Waals surface area contributed by atoms with E-state index < -0.39 is 0 Å². The highest BCUT2D eigenvalue weighted by molar-refractivity contribution is 5.21. The molecule has 23 heavy (non-hydrogen) atoms. The molecule has 0 saturated carbocycles. The monoisotopic (exact) mass is 318 g/mol. The number of hydrogen-bond donors (Lipinski definition) is 2. The molecule has 1 aromatic heterocycles. The summed E-state index contributed by atoms with van der Waals surface area (Å²) >= 11 is 0. The summed E-state index contributed by atoms with van der Waals surface area (Å²) in [6.07, 6.45) is 1.85. The van der Waals surface area contributed by atoms with Gasteiger partial charge in [-0.05, 0) is 24.6 Å². The van der Waals surface area contributed by atoms with Gasteiger partial charge in [-0.1, -0.05) is 12.1 Å². The zero-order valence-electron chi connectivity index (χ0n) is 13.4. The molecule has 5 nitrogen and oxygen atoms in total. The van der Waals surface area contributed by atoms with Gasteiger partial charge in [-0.3, -0.25) is 10.00 Å². The molecule has 1 aliphatic rings. The van der Waals surface area contributed by atoms with Crippen LogP contribution in [0.15, 0.2) is 30.5 Å². The molecule has 3 rings (SSSR count). The van der Waals surface area contributed by atoms with Gasteiger partial charge in [-0.25, -0.2) is 4.39 Å². The van der Waals surface area contributed by atoms with Gasteiger partial charge in [0.25, 0.3) is 0 Å². The van der Waals surface area contributed by atoms with E-state index in [1.807, 2.05) is 25.3 Å². The van der Waals surface area contributed by atoms with Crippen LogP contribution in [0.25, 0.3) is 0 Å². The van der Waals surface area contributed by atoms with E-state index in [0.717, 1.165) is 50.7 Å². The number of nitrogens with one attached hydrogen (secondary N) is 2. The van der Waals surface area contributed by atoms with Gasteiger partial charge in [0.1, 0.15) is 5.82 Å². The molecule has 0 spiro atoms. The number of aromatic amines is 1. The van der Waals surface area contributed by atoms with Crippen LogP contribution in [0.3, 0.4) is 0 Å². The molecule has 1 aromatic carbocycles. The second-order valence-electron chi connectivity index (χ2n) is 5.87. The normalized spacial score (nSPS) is 17.3. The van der Waals surface area contributed by atoms with Crippen LogP contribution in [-0.2, 0) is 11.3 Å². The first-order chi connectivity index (χ1) is 11.2. The molecule has 0 amide bonds. The van der Waals surface area contributed by atoms with E-state index in [9.17, 15) is 4.39 Å². The molecule has 0 unspecified atom stereocenters. The average molecular weight is 318 g/mol. The molecule has 124 valence electrons. The second-order valence-corrected chi connectivity index (χ2v) is 5.87. The quantitative estimate of drug-likeness (QED) is 0.856. The molecule has 1 fully saturated rings. The zero-order chi connectivity index (χ0) is 16.1. The summed E-state index contributed by atoms with van der Waals surface area (Å²) in [6.45, 7) is 6.88.